The highest BCUT2D eigenvalue weighted by Gasteiger charge is 2.20. The van der Waals surface area contributed by atoms with Crippen LogP contribution in [0.2, 0.25) is 0 Å². The van der Waals surface area contributed by atoms with Gasteiger partial charge < -0.3 is 14.8 Å². The first kappa shape index (κ1) is 15.2. The minimum absolute atomic E-state index is 0.0301. The summed E-state index contributed by atoms with van der Waals surface area (Å²) in [7, 11) is 1.62. The number of hydrogen-bond donors (Lipinski definition) is 2. The first-order valence-electron chi connectivity index (χ1n) is 7.49. The van der Waals surface area contributed by atoms with Crippen LogP contribution in [-0.4, -0.2) is 23.2 Å². The third kappa shape index (κ3) is 2.57. The molecule has 118 valence electrons. The number of aromatic amines is 1. The summed E-state index contributed by atoms with van der Waals surface area (Å²) in [5.74, 6) is -0.121. The van der Waals surface area contributed by atoms with E-state index >= 15 is 0 Å². The molecule has 0 unspecified atom stereocenters. The number of aliphatic carboxylic acids is 1. The maximum absolute atomic E-state index is 11.4. The van der Waals surface area contributed by atoms with Gasteiger partial charge in [0.05, 0.1) is 19.2 Å². The van der Waals surface area contributed by atoms with Crippen LogP contribution in [0, 0.1) is 13.8 Å². The highest BCUT2D eigenvalue weighted by atomic mass is 16.5. The number of aryl methyl sites for hydroxylation is 2. The molecule has 0 saturated heterocycles. The van der Waals surface area contributed by atoms with Gasteiger partial charge in [0.25, 0.3) is 0 Å². The molecule has 4 heteroatoms. The van der Waals surface area contributed by atoms with E-state index in [1.807, 2.05) is 50.2 Å². The fourth-order valence-corrected chi connectivity index (χ4v) is 3.10. The minimum Gasteiger partial charge on any atom is -0.496 e. The summed E-state index contributed by atoms with van der Waals surface area (Å²) in [6.07, 6.45) is -0.0301. The normalized spacial score (nSPS) is 10.9. The number of para-hydroxylation sites is 1. The summed E-state index contributed by atoms with van der Waals surface area (Å²) in [6.45, 7) is 4.03. The number of rotatable bonds is 4. The van der Waals surface area contributed by atoms with Crippen molar-refractivity contribution in [2.24, 2.45) is 0 Å². The molecule has 1 heterocycles. The Labute approximate surface area is 134 Å². The number of methoxy groups -OCH3 is 1. The van der Waals surface area contributed by atoms with Crippen molar-refractivity contribution in [3.63, 3.8) is 0 Å². The van der Waals surface area contributed by atoms with E-state index in [2.05, 4.69) is 4.98 Å². The predicted molar refractivity (Wildman–Crippen MR) is 91.1 cm³/mol. The van der Waals surface area contributed by atoms with Gasteiger partial charge in [0.15, 0.2) is 0 Å². The lowest BCUT2D eigenvalue weighted by Crippen LogP contribution is -2.02. The highest BCUT2D eigenvalue weighted by Crippen LogP contribution is 2.38. The van der Waals surface area contributed by atoms with Crippen molar-refractivity contribution in [3.05, 3.63) is 53.1 Å². The van der Waals surface area contributed by atoms with E-state index < -0.39 is 5.97 Å². The molecule has 2 N–H and O–H groups in total. The number of nitrogens with one attached hydrogen (secondary N) is 1. The van der Waals surface area contributed by atoms with Crippen molar-refractivity contribution in [1.29, 1.82) is 0 Å². The van der Waals surface area contributed by atoms with E-state index in [4.69, 9.17) is 4.74 Å². The Morgan fingerprint density at radius 2 is 1.83 bits per heavy atom. The molecule has 0 aliphatic heterocycles. The smallest absolute Gasteiger partial charge is 0.307 e. The summed E-state index contributed by atoms with van der Waals surface area (Å²) in [5, 5.41) is 10.4. The average Bonchev–Trinajstić information content (AvgIpc) is 2.90. The molecule has 0 aliphatic carbocycles. The van der Waals surface area contributed by atoms with Crippen molar-refractivity contribution in [2.45, 2.75) is 20.3 Å². The SMILES string of the molecule is COc1ccccc1-c1[nH]c2c(C)ccc(C)c2c1CC(=O)O. The van der Waals surface area contributed by atoms with Crippen LogP contribution >= 0.6 is 0 Å². The molecule has 0 fully saturated rings. The van der Waals surface area contributed by atoms with E-state index in [9.17, 15) is 9.90 Å². The number of H-pyrrole nitrogens is 1. The van der Waals surface area contributed by atoms with Gasteiger partial charge in [-0.2, -0.15) is 0 Å². The fraction of sp³-hybridized carbons (Fsp3) is 0.211. The van der Waals surface area contributed by atoms with Crippen LogP contribution in [0.5, 0.6) is 5.75 Å². The second kappa shape index (κ2) is 5.80. The number of benzene rings is 2. The van der Waals surface area contributed by atoms with Gasteiger partial charge in [-0.15, -0.1) is 0 Å². The van der Waals surface area contributed by atoms with Crippen molar-refractivity contribution in [1.82, 2.24) is 4.98 Å². The number of ether oxygens (including phenoxy) is 1. The van der Waals surface area contributed by atoms with Crippen LogP contribution in [0.4, 0.5) is 0 Å². The Balaban J connectivity index is 2.38. The van der Waals surface area contributed by atoms with Gasteiger partial charge in [0.1, 0.15) is 5.75 Å². The number of hydrogen-bond acceptors (Lipinski definition) is 2. The van der Waals surface area contributed by atoms with Crippen LogP contribution < -0.4 is 4.74 Å². The number of carbonyl (C=O) groups is 1. The molecule has 3 rings (SSSR count). The predicted octanol–water partition coefficient (Wildman–Crippen LogP) is 4.09. The van der Waals surface area contributed by atoms with Crippen molar-refractivity contribution in [3.8, 4) is 17.0 Å². The van der Waals surface area contributed by atoms with E-state index in [-0.39, 0.29) is 6.42 Å². The standard InChI is InChI=1S/C19H19NO3/c1-11-8-9-12(2)18-17(11)14(10-16(21)22)19(20-18)13-6-4-5-7-15(13)23-3/h4-9,20H,10H2,1-3H3,(H,21,22). The van der Waals surface area contributed by atoms with Crippen molar-refractivity contribution < 1.29 is 14.6 Å². The molecule has 0 atom stereocenters. The molecular weight excluding hydrogens is 290 g/mol. The Bertz CT molecular complexity index is 893. The second-order valence-corrected chi connectivity index (χ2v) is 5.70. The number of fused-ring (bicyclic) bond motifs is 1. The van der Waals surface area contributed by atoms with Gasteiger partial charge in [-0.1, -0.05) is 24.3 Å². The van der Waals surface area contributed by atoms with E-state index in [0.717, 1.165) is 44.6 Å². The first-order chi connectivity index (χ1) is 11.0. The summed E-state index contributed by atoms with van der Waals surface area (Å²) < 4.78 is 5.45. The van der Waals surface area contributed by atoms with Crippen LogP contribution in [-0.2, 0) is 11.2 Å². The van der Waals surface area contributed by atoms with Gasteiger partial charge in [0, 0.05) is 16.5 Å². The molecule has 0 amide bonds. The third-order valence-corrected chi connectivity index (χ3v) is 4.18. The maximum Gasteiger partial charge on any atom is 0.307 e. The van der Waals surface area contributed by atoms with Crippen molar-refractivity contribution >= 4 is 16.9 Å². The zero-order valence-corrected chi connectivity index (χ0v) is 13.4. The summed E-state index contributed by atoms with van der Waals surface area (Å²) >= 11 is 0. The van der Waals surface area contributed by atoms with Gasteiger partial charge in [-0.05, 0) is 42.7 Å². The van der Waals surface area contributed by atoms with Crippen molar-refractivity contribution in [2.75, 3.05) is 7.11 Å². The number of carboxylic acid groups (broad SMARTS) is 1. The van der Waals surface area contributed by atoms with E-state index in [0.29, 0.717) is 0 Å². The number of aromatic nitrogens is 1. The molecule has 1 aromatic heterocycles. The first-order valence-corrected chi connectivity index (χ1v) is 7.49. The molecule has 3 aromatic rings. The lowest BCUT2D eigenvalue weighted by atomic mass is 9.98. The molecule has 0 bridgehead atoms. The molecule has 0 aliphatic rings. The topological polar surface area (TPSA) is 62.3 Å². The Morgan fingerprint density at radius 1 is 1.13 bits per heavy atom. The lowest BCUT2D eigenvalue weighted by molar-refractivity contribution is -0.136. The maximum atomic E-state index is 11.4. The fourth-order valence-electron chi connectivity index (χ4n) is 3.10. The van der Waals surface area contributed by atoms with Gasteiger partial charge in [0.2, 0.25) is 0 Å². The van der Waals surface area contributed by atoms with Crippen LogP contribution in [0.1, 0.15) is 16.7 Å². The quantitative estimate of drug-likeness (QED) is 0.763. The largest absolute Gasteiger partial charge is 0.496 e. The summed E-state index contributed by atoms with van der Waals surface area (Å²) in [4.78, 5) is 14.8. The Hall–Kier alpha value is -2.75. The Kier molecular flexibility index (Phi) is 3.82. The molecule has 2 aromatic carbocycles. The van der Waals surface area contributed by atoms with Gasteiger partial charge in [-0.25, -0.2) is 0 Å². The highest BCUT2D eigenvalue weighted by molar-refractivity contribution is 5.98. The van der Waals surface area contributed by atoms with Crippen LogP contribution in [0.25, 0.3) is 22.2 Å². The zero-order valence-electron chi connectivity index (χ0n) is 13.4. The van der Waals surface area contributed by atoms with E-state index in [1.165, 1.54) is 0 Å². The second-order valence-electron chi connectivity index (χ2n) is 5.70. The summed E-state index contributed by atoms with van der Waals surface area (Å²) in [6, 6.07) is 11.7. The third-order valence-electron chi connectivity index (χ3n) is 4.18. The molecule has 0 radical (unpaired) electrons. The van der Waals surface area contributed by atoms with E-state index in [1.54, 1.807) is 7.11 Å². The monoisotopic (exact) mass is 309 g/mol. The van der Waals surface area contributed by atoms with Crippen LogP contribution in [0.3, 0.4) is 0 Å². The molecule has 4 nitrogen and oxygen atoms in total. The lowest BCUT2D eigenvalue weighted by Gasteiger charge is -2.09. The molecule has 0 saturated carbocycles. The minimum atomic E-state index is -0.844. The number of carboxylic acids is 1. The molecule has 23 heavy (non-hydrogen) atoms. The summed E-state index contributed by atoms with van der Waals surface area (Å²) in [5.41, 5.74) is 5.65. The van der Waals surface area contributed by atoms with Gasteiger partial charge >= 0.3 is 5.97 Å². The Morgan fingerprint density at radius 3 is 2.52 bits per heavy atom. The zero-order chi connectivity index (χ0) is 16.6. The van der Waals surface area contributed by atoms with Gasteiger partial charge in [-0.3, -0.25) is 4.79 Å². The van der Waals surface area contributed by atoms with Crippen LogP contribution in [0.15, 0.2) is 36.4 Å². The molecular formula is C19H19NO3. The average molecular weight is 309 g/mol. The molecule has 0 spiro atoms.